The van der Waals surface area contributed by atoms with E-state index in [4.69, 9.17) is 4.74 Å². The summed E-state index contributed by atoms with van der Waals surface area (Å²) in [5.41, 5.74) is 2.26. The molecule has 3 aromatic rings. The number of thioether (sulfide) groups is 1. The number of morpholine rings is 1. The largest absolute Gasteiger partial charge is 0.379 e. The summed E-state index contributed by atoms with van der Waals surface area (Å²) in [7, 11) is 1.89. The predicted molar refractivity (Wildman–Crippen MR) is 133 cm³/mol. The minimum Gasteiger partial charge on any atom is -0.379 e. The Morgan fingerprint density at radius 2 is 1.82 bits per heavy atom. The standard InChI is InChI=1S/C25H29N5O3S/c1-29-12-11-26-25(29)34-18-23(31)27-21-9-7-20(8-10-21)24(32)28-22(19-5-3-2-4-6-19)17-30-13-15-33-16-14-30/h2-12,22H,13-18H2,1H3,(H,27,31)(H,28,32). The highest BCUT2D eigenvalue weighted by Gasteiger charge is 2.20. The Morgan fingerprint density at radius 3 is 2.50 bits per heavy atom. The van der Waals surface area contributed by atoms with Crippen LogP contribution in [-0.2, 0) is 16.6 Å². The lowest BCUT2D eigenvalue weighted by Crippen LogP contribution is -2.43. The summed E-state index contributed by atoms with van der Waals surface area (Å²) < 4.78 is 7.32. The second kappa shape index (κ2) is 11.8. The summed E-state index contributed by atoms with van der Waals surface area (Å²) in [4.78, 5) is 31.8. The van der Waals surface area contributed by atoms with Crippen molar-refractivity contribution >= 4 is 29.3 Å². The molecule has 1 unspecified atom stereocenters. The highest BCUT2D eigenvalue weighted by Crippen LogP contribution is 2.18. The third kappa shape index (κ3) is 6.69. The summed E-state index contributed by atoms with van der Waals surface area (Å²) in [6, 6.07) is 16.8. The van der Waals surface area contributed by atoms with E-state index in [1.165, 1.54) is 11.8 Å². The van der Waals surface area contributed by atoms with Crippen LogP contribution in [0.4, 0.5) is 5.69 Å². The van der Waals surface area contributed by atoms with Crippen molar-refractivity contribution in [3.05, 3.63) is 78.1 Å². The molecule has 0 radical (unpaired) electrons. The van der Waals surface area contributed by atoms with Gasteiger partial charge in [-0.05, 0) is 29.8 Å². The Hall–Kier alpha value is -3.14. The molecule has 8 nitrogen and oxygen atoms in total. The maximum Gasteiger partial charge on any atom is 0.251 e. The lowest BCUT2D eigenvalue weighted by molar-refractivity contribution is -0.113. The quantitative estimate of drug-likeness (QED) is 0.459. The highest BCUT2D eigenvalue weighted by atomic mass is 32.2. The zero-order valence-electron chi connectivity index (χ0n) is 19.1. The SMILES string of the molecule is Cn1ccnc1SCC(=O)Nc1ccc(C(=O)NC(CN2CCOCC2)c2ccccc2)cc1. The Kier molecular flexibility index (Phi) is 8.35. The number of hydrogen-bond donors (Lipinski definition) is 2. The number of anilines is 1. The molecule has 1 aromatic heterocycles. The van der Waals surface area contributed by atoms with Gasteiger partial charge in [-0.2, -0.15) is 0 Å². The fourth-order valence-corrected chi connectivity index (χ4v) is 4.46. The van der Waals surface area contributed by atoms with Crippen LogP contribution in [0.2, 0.25) is 0 Å². The van der Waals surface area contributed by atoms with Gasteiger partial charge in [0.2, 0.25) is 5.91 Å². The molecule has 1 aliphatic rings. The summed E-state index contributed by atoms with van der Waals surface area (Å²) in [6.07, 6.45) is 3.54. The van der Waals surface area contributed by atoms with Gasteiger partial charge >= 0.3 is 0 Å². The topological polar surface area (TPSA) is 88.5 Å². The molecular weight excluding hydrogens is 450 g/mol. The minimum atomic E-state index is -0.148. The number of hydrogen-bond acceptors (Lipinski definition) is 6. The van der Waals surface area contributed by atoms with Gasteiger partial charge in [-0.25, -0.2) is 4.98 Å². The molecule has 0 bridgehead atoms. The number of nitrogens with zero attached hydrogens (tertiary/aromatic N) is 3. The summed E-state index contributed by atoms with van der Waals surface area (Å²) in [6.45, 7) is 3.85. The van der Waals surface area contributed by atoms with E-state index in [0.29, 0.717) is 24.5 Å². The molecule has 2 heterocycles. The van der Waals surface area contributed by atoms with Gasteiger partial charge in [0.05, 0.1) is 25.0 Å². The molecule has 0 saturated carbocycles. The van der Waals surface area contributed by atoms with Crippen LogP contribution in [0, 0.1) is 0 Å². The Morgan fingerprint density at radius 1 is 1.09 bits per heavy atom. The molecule has 1 saturated heterocycles. The molecule has 0 aliphatic carbocycles. The molecule has 0 spiro atoms. The fourth-order valence-electron chi connectivity index (χ4n) is 3.73. The van der Waals surface area contributed by atoms with Gasteiger partial charge in [0, 0.05) is 50.3 Å². The maximum absolute atomic E-state index is 13.0. The van der Waals surface area contributed by atoms with Crippen molar-refractivity contribution in [2.75, 3.05) is 43.9 Å². The first-order valence-electron chi connectivity index (χ1n) is 11.2. The van der Waals surface area contributed by atoms with Gasteiger partial charge in [-0.15, -0.1) is 0 Å². The molecule has 34 heavy (non-hydrogen) atoms. The van der Waals surface area contributed by atoms with Gasteiger partial charge in [0.25, 0.3) is 5.91 Å². The number of aromatic nitrogens is 2. The molecule has 2 amide bonds. The molecule has 1 atom stereocenters. The van der Waals surface area contributed by atoms with Crippen molar-refractivity contribution in [3.63, 3.8) is 0 Å². The Labute approximate surface area is 203 Å². The van der Waals surface area contributed by atoms with Crippen LogP contribution in [0.1, 0.15) is 22.0 Å². The van der Waals surface area contributed by atoms with Crippen LogP contribution in [0.25, 0.3) is 0 Å². The summed E-state index contributed by atoms with van der Waals surface area (Å²) in [5.74, 6) is -0.0157. The van der Waals surface area contributed by atoms with Crippen LogP contribution in [-0.4, -0.2) is 64.9 Å². The van der Waals surface area contributed by atoms with Gasteiger partial charge in [-0.3, -0.25) is 14.5 Å². The molecule has 2 N–H and O–H groups in total. The highest BCUT2D eigenvalue weighted by molar-refractivity contribution is 7.99. The number of ether oxygens (including phenoxy) is 1. The van der Waals surface area contributed by atoms with E-state index >= 15 is 0 Å². The summed E-state index contributed by atoms with van der Waals surface area (Å²) >= 11 is 1.37. The number of amides is 2. The van der Waals surface area contributed by atoms with E-state index in [-0.39, 0.29) is 23.6 Å². The monoisotopic (exact) mass is 479 g/mol. The second-order valence-corrected chi connectivity index (χ2v) is 9.03. The van der Waals surface area contributed by atoms with Gasteiger partial charge in [0.1, 0.15) is 0 Å². The lowest BCUT2D eigenvalue weighted by Gasteiger charge is -2.31. The molecule has 1 aliphatic heterocycles. The predicted octanol–water partition coefficient (Wildman–Crippen LogP) is 2.95. The number of carbonyl (C=O) groups excluding carboxylic acids is 2. The van der Waals surface area contributed by atoms with E-state index in [1.54, 1.807) is 30.5 Å². The van der Waals surface area contributed by atoms with Crippen molar-refractivity contribution in [1.29, 1.82) is 0 Å². The third-order valence-electron chi connectivity index (χ3n) is 5.59. The van der Waals surface area contributed by atoms with Crippen LogP contribution in [0.5, 0.6) is 0 Å². The van der Waals surface area contributed by atoms with Crippen LogP contribution in [0.3, 0.4) is 0 Å². The number of carbonyl (C=O) groups is 2. The zero-order valence-corrected chi connectivity index (χ0v) is 20.0. The molecule has 4 rings (SSSR count). The normalized spacial score (nSPS) is 15.0. The summed E-state index contributed by atoms with van der Waals surface area (Å²) in [5, 5.41) is 6.83. The fraction of sp³-hybridized carbons (Fsp3) is 0.320. The average molecular weight is 480 g/mol. The Balaban J connectivity index is 1.34. The number of rotatable bonds is 9. The van der Waals surface area contributed by atoms with E-state index in [1.807, 2.05) is 48.1 Å². The van der Waals surface area contributed by atoms with Crippen molar-refractivity contribution in [2.24, 2.45) is 7.05 Å². The van der Waals surface area contributed by atoms with Crippen molar-refractivity contribution < 1.29 is 14.3 Å². The van der Waals surface area contributed by atoms with Crippen LogP contribution < -0.4 is 10.6 Å². The molecule has 9 heteroatoms. The van der Waals surface area contributed by atoms with E-state index in [9.17, 15) is 9.59 Å². The van der Waals surface area contributed by atoms with Gasteiger partial charge in [0.15, 0.2) is 5.16 Å². The molecule has 1 fully saturated rings. The number of benzene rings is 2. The van der Waals surface area contributed by atoms with E-state index in [2.05, 4.69) is 20.5 Å². The first kappa shape index (κ1) is 24.0. The number of nitrogens with one attached hydrogen (secondary N) is 2. The lowest BCUT2D eigenvalue weighted by atomic mass is 10.1. The zero-order chi connectivity index (χ0) is 23.8. The van der Waals surface area contributed by atoms with Gasteiger partial charge < -0.3 is 19.9 Å². The van der Waals surface area contributed by atoms with Crippen molar-refractivity contribution in [2.45, 2.75) is 11.2 Å². The number of imidazole rings is 1. The second-order valence-electron chi connectivity index (χ2n) is 8.08. The van der Waals surface area contributed by atoms with Crippen LogP contribution >= 0.6 is 11.8 Å². The van der Waals surface area contributed by atoms with Crippen LogP contribution in [0.15, 0.2) is 72.1 Å². The molecule has 2 aromatic carbocycles. The van der Waals surface area contributed by atoms with E-state index in [0.717, 1.165) is 30.4 Å². The number of aryl methyl sites for hydroxylation is 1. The average Bonchev–Trinajstić information content (AvgIpc) is 3.28. The Bertz CT molecular complexity index is 1080. The van der Waals surface area contributed by atoms with Crippen molar-refractivity contribution in [3.8, 4) is 0 Å². The first-order valence-corrected chi connectivity index (χ1v) is 12.2. The van der Waals surface area contributed by atoms with Gasteiger partial charge in [-0.1, -0.05) is 42.1 Å². The maximum atomic E-state index is 13.0. The third-order valence-corrected chi connectivity index (χ3v) is 6.65. The molecular formula is C25H29N5O3S. The molecule has 178 valence electrons. The first-order chi connectivity index (χ1) is 16.6. The minimum absolute atomic E-state index is 0.125. The van der Waals surface area contributed by atoms with Crippen molar-refractivity contribution in [1.82, 2.24) is 19.8 Å². The van der Waals surface area contributed by atoms with E-state index < -0.39 is 0 Å². The smallest absolute Gasteiger partial charge is 0.251 e.